The van der Waals surface area contributed by atoms with E-state index < -0.39 is 0 Å². The Labute approximate surface area is 157 Å². The highest BCUT2D eigenvalue weighted by Gasteiger charge is 2.23. The van der Waals surface area contributed by atoms with Gasteiger partial charge in [-0.05, 0) is 48.6 Å². The molecule has 0 bridgehead atoms. The smallest absolute Gasteiger partial charge is 0.251 e. The molecule has 4 rings (SSSR count). The Morgan fingerprint density at radius 2 is 1.63 bits per heavy atom. The van der Waals surface area contributed by atoms with E-state index in [9.17, 15) is 9.59 Å². The normalized spacial score (nSPS) is 13.2. The van der Waals surface area contributed by atoms with E-state index >= 15 is 0 Å². The predicted molar refractivity (Wildman–Crippen MR) is 108 cm³/mol. The molecular formula is C22H21N3O2. The molecule has 27 heavy (non-hydrogen) atoms. The number of hydrogen-bond acceptors (Lipinski definition) is 3. The molecular weight excluding hydrogens is 338 g/mol. The Morgan fingerprint density at radius 3 is 2.41 bits per heavy atom. The lowest BCUT2D eigenvalue weighted by molar-refractivity contribution is -0.114. The molecule has 2 amide bonds. The molecule has 1 fully saturated rings. The van der Waals surface area contributed by atoms with Gasteiger partial charge in [-0.2, -0.15) is 0 Å². The minimum Gasteiger partial charge on any atom is -0.376 e. The third-order valence-corrected chi connectivity index (χ3v) is 4.58. The van der Waals surface area contributed by atoms with Gasteiger partial charge in [0.25, 0.3) is 5.91 Å². The molecule has 0 aliphatic heterocycles. The van der Waals surface area contributed by atoms with Crippen molar-refractivity contribution in [3.05, 3.63) is 72.3 Å². The Balaban J connectivity index is 1.34. The minimum absolute atomic E-state index is 0.0438. The molecule has 1 aliphatic rings. The average Bonchev–Trinajstić information content (AvgIpc) is 3.51. The molecule has 3 aromatic carbocycles. The first-order valence-corrected chi connectivity index (χ1v) is 9.11. The van der Waals surface area contributed by atoms with E-state index in [1.165, 1.54) is 0 Å². The number of hydrogen-bond donors (Lipinski definition) is 3. The summed E-state index contributed by atoms with van der Waals surface area (Å²) in [7, 11) is 0. The molecule has 0 heterocycles. The highest BCUT2D eigenvalue weighted by atomic mass is 16.2. The molecule has 3 aromatic rings. The molecule has 0 atom stereocenters. The molecule has 1 saturated carbocycles. The molecule has 1 aliphatic carbocycles. The summed E-state index contributed by atoms with van der Waals surface area (Å²) in [6.45, 7) is 0.150. The van der Waals surface area contributed by atoms with Gasteiger partial charge in [0.1, 0.15) is 0 Å². The van der Waals surface area contributed by atoms with Crippen LogP contribution in [0.4, 0.5) is 11.4 Å². The van der Waals surface area contributed by atoms with Gasteiger partial charge in [0.2, 0.25) is 5.91 Å². The number of carbonyl (C=O) groups is 2. The summed E-state index contributed by atoms with van der Waals surface area (Å²) in [6, 6.07) is 21.3. The number of amides is 2. The van der Waals surface area contributed by atoms with Gasteiger partial charge < -0.3 is 16.0 Å². The standard InChI is InChI=1S/C22H21N3O2/c26-21(25-20-7-3-5-15-4-1-2-6-19(15)20)14-23-17-10-8-16(9-11-17)22(27)24-18-12-13-18/h1-11,18,23H,12-14H2,(H,24,27)(H,25,26). The Kier molecular flexibility index (Phi) is 4.75. The fraction of sp³-hybridized carbons (Fsp3) is 0.182. The second-order valence-corrected chi connectivity index (χ2v) is 6.75. The zero-order valence-electron chi connectivity index (χ0n) is 14.9. The van der Waals surface area contributed by atoms with Crippen LogP contribution in [-0.2, 0) is 4.79 Å². The maximum atomic E-state index is 12.3. The lowest BCUT2D eigenvalue weighted by Gasteiger charge is -2.10. The number of fused-ring (bicyclic) bond motifs is 1. The molecule has 0 radical (unpaired) electrons. The van der Waals surface area contributed by atoms with Gasteiger partial charge in [0.05, 0.1) is 6.54 Å². The van der Waals surface area contributed by atoms with E-state index in [1.807, 2.05) is 54.6 Å². The lowest BCUT2D eigenvalue weighted by atomic mass is 10.1. The monoisotopic (exact) mass is 359 g/mol. The fourth-order valence-corrected chi connectivity index (χ4v) is 2.95. The van der Waals surface area contributed by atoms with Crippen LogP contribution in [-0.4, -0.2) is 24.4 Å². The van der Waals surface area contributed by atoms with Gasteiger partial charge in [-0.15, -0.1) is 0 Å². The number of nitrogens with one attached hydrogen (secondary N) is 3. The Morgan fingerprint density at radius 1 is 0.889 bits per heavy atom. The van der Waals surface area contributed by atoms with Crippen LogP contribution in [0, 0.1) is 0 Å². The summed E-state index contributed by atoms with van der Waals surface area (Å²) in [5.74, 6) is -0.167. The summed E-state index contributed by atoms with van der Waals surface area (Å²) in [5.41, 5.74) is 2.23. The van der Waals surface area contributed by atoms with Crippen molar-refractivity contribution >= 4 is 34.0 Å². The molecule has 0 unspecified atom stereocenters. The van der Waals surface area contributed by atoms with Gasteiger partial charge in [-0.3, -0.25) is 9.59 Å². The van der Waals surface area contributed by atoms with E-state index in [0.29, 0.717) is 11.6 Å². The summed E-state index contributed by atoms with van der Waals surface area (Å²) < 4.78 is 0. The van der Waals surface area contributed by atoms with Crippen molar-refractivity contribution in [3.63, 3.8) is 0 Å². The maximum absolute atomic E-state index is 12.3. The van der Waals surface area contributed by atoms with Crippen LogP contribution in [0.1, 0.15) is 23.2 Å². The summed E-state index contributed by atoms with van der Waals surface area (Å²) >= 11 is 0. The van der Waals surface area contributed by atoms with Gasteiger partial charge in [0, 0.05) is 28.4 Å². The van der Waals surface area contributed by atoms with E-state index in [0.717, 1.165) is 35.0 Å². The summed E-state index contributed by atoms with van der Waals surface area (Å²) in [5, 5.41) is 11.1. The minimum atomic E-state index is -0.123. The first-order chi connectivity index (χ1) is 13.2. The zero-order chi connectivity index (χ0) is 18.6. The maximum Gasteiger partial charge on any atom is 0.251 e. The van der Waals surface area contributed by atoms with Crippen LogP contribution in [0.3, 0.4) is 0 Å². The molecule has 0 saturated heterocycles. The van der Waals surface area contributed by atoms with Crippen molar-refractivity contribution in [2.45, 2.75) is 18.9 Å². The summed E-state index contributed by atoms with van der Waals surface area (Å²) in [6.07, 6.45) is 2.13. The highest BCUT2D eigenvalue weighted by Crippen LogP contribution is 2.23. The van der Waals surface area contributed by atoms with Crippen LogP contribution in [0.2, 0.25) is 0 Å². The van der Waals surface area contributed by atoms with Crippen molar-refractivity contribution in [3.8, 4) is 0 Å². The number of anilines is 2. The van der Waals surface area contributed by atoms with Crippen LogP contribution in [0.5, 0.6) is 0 Å². The van der Waals surface area contributed by atoms with Crippen molar-refractivity contribution in [1.29, 1.82) is 0 Å². The third kappa shape index (κ3) is 4.26. The SMILES string of the molecule is O=C(CNc1ccc(C(=O)NC2CC2)cc1)Nc1cccc2ccccc12. The topological polar surface area (TPSA) is 70.2 Å². The average molecular weight is 359 g/mol. The van der Waals surface area contributed by atoms with E-state index in [2.05, 4.69) is 16.0 Å². The fourth-order valence-electron chi connectivity index (χ4n) is 2.95. The molecule has 136 valence electrons. The molecule has 5 heteroatoms. The second kappa shape index (κ2) is 7.50. The molecule has 5 nitrogen and oxygen atoms in total. The van der Waals surface area contributed by atoms with Crippen molar-refractivity contribution in [2.75, 3.05) is 17.2 Å². The first-order valence-electron chi connectivity index (χ1n) is 9.11. The van der Waals surface area contributed by atoms with Crippen molar-refractivity contribution in [1.82, 2.24) is 5.32 Å². The first kappa shape index (κ1) is 17.1. The van der Waals surface area contributed by atoms with Crippen LogP contribution in [0.25, 0.3) is 10.8 Å². The van der Waals surface area contributed by atoms with Gasteiger partial charge >= 0.3 is 0 Å². The van der Waals surface area contributed by atoms with E-state index in [1.54, 1.807) is 12.1 Å². The van der Waals surface area contributed by atoms with Gasteiger partial charge in [-0.25, -0.2) is 0 Å². The molecule has 0 aromatic heterocycles. The number of benzene rings is 3. The van der Waals surface area contributed by atoms with Crippen molar-refractivity contribution in [2.24, 2.45) is 0 Å². The third-order valence-electron chi connectivity index (χ3n) is 4.58. The summed E-state index contributed by atoms with van der Waals surface area (Å²) in [4.78, 5) is 24.3. The van der Waals surface area contributed by atoms with Gasteiger partial charge in [-0.1, -0.05) is 36.4 Å². The van der Waals surface area contributed by atoms with Crippen LogP contribution < -0.4 is 16.0 Å². The van der Waals surface area contributed by atoms with Crippen LogP contribution >= 0.6 is 0 Å². The Bertz CT molecular complexity index is 973. The lowest BCUT2D eigenvalue weighted by Crippen LogP contribution is -2.25. The Hall–Kier alpha value is -3.34. The van der Waals surface area contributed by atoms with Gasteiger partial charge in [0.15, 0.2) is 0 Å². The predicted octanol–water partition coefficient (Wildman–Crippen LogP) is 3.78. The van der Waals surface area contributed by atoms with Crippen molar-refractivity contribution < 1.29 is 9.59 Å². The zero-order valence-corrected chi connectivity index (χ0v) is 14.9. The second-order valence-electron chi connectivity index (χ2n) is 6.75. The molecule has 3 N–H and O–H groups in total. The quantitative estimate of drug-likeness (QED) is 0.627. The van der Waals surface area contributed by atoms with E-state index in [4.69, 9.17) is 0 Å². The largest absolute Gasteiger partial charge is 0.376 e. The number of carbonyl (C=O) groups excluding carboxylic acids is 2. The highest BCUT2D eigenvalue weighted by molar-refractivity contribution is 6.03. The van der Waals surface area contributed by atoms with E-state index in [-0.39, 0.29) is 18.4 Å². The molecule has 0 spiro atoms. The number of rotatable bonds is 6. The van der Waals surface area contributed by atoms with Crippen LogP contribution in [0.15, 0.2) is 66.7 Å².